The number of aryl methyl sites for hydroxylation is 1. The first-order valence-electron chi connectivity index (χ1n) is 8.46. The average molecular weight is 404 g/mol. The van der Waals surface area contributed by atoms with Crippen molar-refractivity contribution < 1.29 is 17.8 Å². The number of sulfonamides is 1. The Balaban J connectivity index is 1.87. The van der Waals surface area contributed by atoms with E-state index < -0.39 is 14.9 Å². The van der Waals surface area contributed by atoms with Gasteiger partial charge < -0.3 is 4.42 Å². The molecule has 10 heteroatoms. The van der Waals surface area contributed by atoms with Crippen molar-refractivity contribution in [2.24, 2.45) is 0 Å². The van der Waals surface area contributed by atoms with Gasteiger partial charge in [0.15, 0.2) is 0 Å². The summed E-state index contributed by atoms with van der Waals surface area (Å²) in [7, 11) is -2.27. The monoisotopic (exact) mass is 404 g/mol. The molecule has 3 rings (SSSR count). The largest absolute Gasteiger partial charge is 0.468 e. The first-order valence-corrected chi connectivity index (χ1v) is 9.90. The molecule has 0 spiro atoms. The third kappa shape index (κ3) is 3.82. The van der Waals surface area contributed by atoms with E-state index in [0.29, 0.717) is 23.7 Å². The number of rotatable bonds is 7. The number of nitro groups is 1. The van der Waals surface area contributed by atoms with E-state index in [0.717, 1.165) is 5.56 Å². The SMILES string of the molecule is Cc1nn(Cc2ccc([N+](=O)[O-])cc2)c(C)c1S(=O)(=O)N(C)Cc1ccco1. The Kier molecular flexibility index (Phi) is 5.34. The Morgan fingerprint density at radius 2 is 1.89 bits per heavy atom. The lowest BCUT2D eigenvalue weighted by molar-refractivity contribution is -0.384. The molecule has 0 saturated carbocycles. The fourth-order valence-electron chi connectivity index (χ4n) is 2.97. The second-order valence-corrected chi connectivity index (χ2v) is 8.40. The molecule has 148 valence electrons. The lowest BCUT2D eigenvalue weighted by Gasteiger charge is -2.16. The highest BCUT2D eigenvalue weighted by molar-refractivity contribution is 7.89. The zero-order valence-electron chi connectivity index (χ0n) is 15.7. The highest BCUT2D eigenvalue weighted by atomic mass is 32.2. The van der Waals surface area contributed by atoms with E-state index in [2.05, 4.69) is 5.10 Å². The van der Waals surface area contributed by atoms with E-state index in [1.807, 2.05) is 0 Å². The third-order valence-electron chi connectivity index (χ3n) is 4.42. The van der Waals surface area contributed by atoms with Gasteiger partial charge in [-0.2, -0.15) is 9.40 Å². The van der Waals surface area contributed by atoms with Crippen molar-refractivity contribution in [2.45, 2.75) is 31.8 Å². The molecule has 0 unspecified atom stereocenters. The van der Waals surface area contributed by atoms with E-state index in [9.17, 15) is 18.5 Å². The molecular weight excluding hydrogens is 384 g/mol. The van der Waals surface area contributed by atoms with Crippen LogP contribution in [0.15, 0.2) is 52.0 Å². The van der Waals surface area contributed by atoms with Crippen molar-refractivity contribution in [1.82, 2.24) is 14.1 Å². The highest BCUT2D eigenvalue weighted by Crippen LogP contribution is 2.25. The van der Waals surface area contributed by atoms with Gasteiger partial charge in [-0.1, -0.05) is 12.1 Å². The maximum Gasteiger partial charge on any atom is 0.269 e. The molecule has 0 atom stereocenters. The van der Waals surface area contributed by atoms with Crippen molar-refractivity contribution in [3.63, 3.8) is 0 Å². The third-order valence-corrected chi connectivity index (χ3v) is 6.48. The topological polar surface area (TPSA) is 111 Å². The van der Waals surface area contributed by atoms with Gasteiger partial charge in [-0.25, -0.2) is 8.42 Å². The van der Waals surface area contributed by atoms with Crippen molar-refractivity contribution in [3.05, 3.63) is 75.5 Å². The Bertz CT molecular complexity index is 1090. The van der Waals surface area contributed by atoms with E-state index in [1.165, 1.54) is 29.7 Å². The number of furan rings is 1. The summed E-state index contributed by atoms with van der Waals surface area (Å²) in [6.45, 7) is 3.76. The number of non-ortho nitro benzene ring substituents is 1. The predicted octanol–water partition coefficient (Wildman–Crippen LogP) is 2.87. The summed E-state index contributed by atoms with van der Waals surface area (Å²) in [5.74, 6) is 0.541. The van der Waals surface area contributed by atoms with Crippen molar-refractivity contribution >= 4 is 15.7 Å². The van der Waals surface area contributed by atoms with Gasteiger partial charge in [0.05, 0.1) is 35.7 Å². The Morgan fingerprint density at radius 1 is 1.21 bits per heavy atom. The second-order valence-electron chi connectivity index (χ2n) is 6.42. The summed E-state index contributed by atoms with van der Waals surface area (Å²) in [6.07, 6.45) is 1.49. The summed E-state index contributed by atoms with van der Waals surface area (Å²) in [6, 6.07) is 9.50. The first kappa shape index (κ1) is 19.8. The van der Waals surface area contributed by atoms with Crippen LogP contribution in [-0.4, -0.2) is 34.5 Å². The van der Waals surface area contributed by atoms with Crippen molar-refractivity contribution in [1.29, 1.82) is 0 Å². The van der Waals surface area contributed by atoms with Crippen LogP contribution >= 0.6 is 0 Å². The molecular formula is C18H20N4O5S. The summed E-state index contributed by atoms with van der Waals surface area (Å²) < 4.78 is 34.1. The molecule has 2 aromatic heterocycles. The molecule has 2 heterocycles. The van der Waals surface area contributed by atoms with Gasteiger partial charge >= 0.3 is 0 Å². The van der Waals surface area contributed by atoms with Crippen LogP contribution in [0.5, 0.6) is 0 Å². The maximum absolute atomic E-state index is 13.0. The summed E-state index contributed by atoms with van der Waals surface area (Å²) in [5, 5.41) is 15.1. The summed E-state index contributed by atoms with van der Waals surface area (Å²) >= 11 is 0. The smallest absolute Gasteiger partial charge is 0.269 e. The van der Waals surface area contributed by atoms with E-state index in [1.54, 1.807) is 42.8 Å². The number of nitrogens with zero attached hydrogens (tertiary/aromatic N) is 4. The van der Waals surface area contributed by atoms with Crippen LogP contribution in [0.3, 0.4) is 0 Å². The van der Waals surface area contributed by atoms with Crippen LogP contribution in [0.25, 0.3) is 0 Å². The first-order chi connectivity index (χ1) is 13.2. The number of aromatic nitrogens is 2. The van der Waals surface area contributed by atoms with Gasteiger partial charge in [-0.15, -0.1) is 0 Å². The van der Waals surface area contributed by atoms with E-state index in [4.69, 9.17) is 4.42 Å². The lowest BCUT2D eigenvalue weighted by Crippen LogP contribution is -2.27. The van der Waals surface area contributed by atoms with Crippen molar-refractivity contribution in [3.8, 4) is 0 Å². The predicted molar refractivity (Wildman–Crippen MR) is 101 cm³/mol. The maximum atomic E-state index is 13.0. The normalized spacial score (nSPS) is 11.9. The fraction of sp³-hybridized carbons (Fsp3) is 0.278. The molecule has 0 aliphatic heterocycles. The van der Waals surface area contributed by atoms with Gasteiger partial charge in [0.1, 0.15) is 10.7 Å². The Labute approximate surface area is 162 Å². The molecule has 0 amide bonds. The summed E-state index contributed by atoms with van der Waals surface area (Å²) in [5.41, 5.74) is 1.68. The summed E-state index contributed by atoms with van der Waals surface area (Å²) in [4.78, 5) is 10.5. The number of benzene rings is 1. The van der Waals surface area contributed by atoms with Crippen LogP contribution in [0, 0.1) is 24.0 Å². The Hall–Kier alpha value is -2.98. The van der Waals surface area contributed by atoms with Crippen LogP contribution in [0.2, 0.25) is 0 Å². The van der Waals surface area contributed by atoms with Crippen molar-refractivity contribution in [2.75, 3.05) is 7.05 Å². The number of nitro benzene ring substituents is 1. The van der Waals surface area contributed by atoms with Gasteiger partial charge in [-0.3, -0.25) is 14.8 Å². The number of hydrogen-bond donors (Lipinski definition) is 0. The standard InChI is InChI=1S/C18H20N4O5S/c1-13-18(28(25,26)20(3)12-17-5-4-10-27-17)14(2)21(19-13)11-15-6-8-16(9-7-15)22(23)24/h4-10H,11-12H2,1-3H3. The molecule has 3 aromatic rings. The lowest BCUT2D eigenvalue weighted by atomic mass is 10.2. The van der Waals surface area contributed by atoms with Gasteiger partial charge in [0.25, 0.3) is 5.69 Å². The van der Waals surface area contributed by atoms with Crippen LogP contribution in [-0.2, 0) is 23.1 Å². The minimum absolute atomic E-state index is 0.0000597. The van der Waals surface area contributed by atoms with Gasteiger partial charge in [0.2, 0.25) is 10.0 Å². The quantitative estimate of drug-likeness (QED) is 0.442. The molecule has 0 N–H and O–H groups in total. The van der Waals surface area contributed by atoms with E-state index in [-0.39, 0.29) is 17.1 Å². The highest BCUT2D eigenvalue weighted by Gasteiger charge is 2.29. The van der Waals surface area contributed by atoms with E-state index >= 15 is 0 Å². The van der Waals surface area contributed by atoms with Crippen LogP contribution in [0.4, 0.5) is 5.69 Å². The fourth-order valence-corrected chi connectivity index (χ4v) is 4.47. The average Bonchev–Trinajstić information content (AvgIpc) is 3.23. The van der Waals surface area contributed by atoms with Crippen LogP contribution < -0.4 is 0 Å². The Morgan fingerprint density at radius 3 is 2.46 bits per heavy atom. The zero-order valence-corrected chi connectivity index (χ0v) is 16.5. The minimum atomic E-state index is -3.77. The van der Waals surface area contributed by atoms with Gasteiger partial charge in [0, 0.05) is 19.2 Å². The molecule has 0 saturated heterocycles. The second kappa shape index (κ2) is 7.56. The molecule has 1 aromatic carbocycles. The molecule has 0 aliphatic carbocycles. The molecule has 0 radical (unpaired) electrons. The molecule has 0 fully saturated rings. The van der Waals surface area contributed by atoms with Crippen LogP contribution in [0.1, 0.15) is 22.7 Å². The number of hydrogen-bond acceptors (Lipinski definition) is 6. The molecule has 28 heavy (non-hydrogen) atoms. The zero-order chi connectivity index (χ0) is 20.5. The molecule has 9 nitrogen and oxygen atoms in total. The molecule has 0 bridgehead atoms. The molecule has 0 aliphatic rings. The van der Waals surface area contributed by atoms with Gasteiger partial charge in [-0.05, 0) is 31.5 Å². The minimum Gasteiger partial charge on any atom is -0.468 e.